The van der Waals surface area contributed by atoms with E-state index in [9.17, 15) is 9.59 Å². The highest BCUT2D eigenvalue weighted by molar-refractivity contribution is 5.95. The number of aromatic nitrogens is 2. The van der Waals surface area contributed by atoms with E-state index in [1.807, 2.05) is 58.4 Å². The number of nitrogens with one attached hydrogen (secondary N) is 2. The minimum Gasteiger partial charge on any atom is -0.373 e. The number of carbonyl (C=O) groups excluding carboxylic acids is 2. The molecule has 39 heavy (non-hydrogen) atoms. The van der Waals surface area contributed by atoms with E-state index in [0.29, 0.717) is 17.9 Å². The van der Waals surface area contributed by atoms with E-state index in [1.165, 1.54) is 11.8 Å². The summed E-state index contributed by atoms with van der Waals surface area (Å²) in [6.07, 6.45) is 13.8. The Morgan fingerprint density at radius 1 is 1.15 bits per heavy atom. The zero-order chi connectivity index (χ0) is 28.8. The number of piperidine rings is 1. The van der Waals surface area contributed by atoms with Crippen LogP contribution in [0.1, 0.15) is 44.9 Å². The second kappa shape index (κ2) is 16.2. The third-order valence-electron chi connectivity index (χ3n) is 6.51. The van der Waals surface area contributed by atoms with Crippen molar-refractivity contribution < 1.29 is 9.59 Å². The molecule has 0 unspecified atom stereocenters. The summed E-state index contributed by atoms with van der Waals surface area (Å²) >= 11 is 0. The molecular formula is C31H44N6O2. The Morgan fingerprint density at radius 2 is 1.87 bits per heavy atom. The minimum absolute atomic E-state index is 0.0661. The van der Waals surface area contributed by atoms with Crippen molar-refractivity contribution in [3.8, 4) is 11.1 Å². The molecule has 1 saturated heterocycles. The molecule has 3 rings (SSSR count). The number of anilines is 1. The normalized spacial score (nSPS) is 14.9. The zero-order valence-corrected chi connectivity index (χ0v) is 24.5. The lowest BCUT2D eigenvalue weighted by atomic mass is 9.93. The van der Waals surface area contributed by atoms with Crippen LogP contribution >= 0.6 is 0 Å². The molecule has 8 heteroatoms. The number of likely N-dealkylation sites (tertiary alicyclic amines) is 1. The molecule has 0 aliphatic carbocycles. The van der Waals surface area contributed by atoms with Gasteiger partial charge in [-0.3, -0.25) is 19.5 Å². The number of hydrogen-bond donors (Lipinski definition) is 2. The Bertz CT molecular complexity index is 1160. The fourth-order valence-electron chi connectivity index (χ4n) is 4.52. The van der Waals surface area contributed by atoms with E-state index in [2.05, 4.69) is 44.6 Å². The summed E-state index contributed by atoms with van der Waals surface area (Å²) in [5.41, 5.74) is 6.19. The van der Waals surface area contributed by atoms with E-state index in [0.717, 1.165) is 60.7 Å². The summed E-state index contributed by atoms with van der Waals surface area (Å²) in [7, 11) is 5.33. The molecule has 0 aromatic carbocycles. The molecule has 0 saturated carbocycles. The molecule has 2 N–H and O–H groups in total. The molecule has 2 aromatic heterocycles. The van der Waals surface area contributed by atoms with Gasteiger partial charge in [0, 0.05) is 68.7 Å². The van der Waals surface area contributed by atoms with Gasteiger partial charge >= 0.3 is 0 Å². The van der Waals surface area contributed by atoms with Crippen molar-refractivity contribution in [2.75, 3.05) is 46.1 Å². The van der Waals surface area contributed by atoms with E-state index in [4.69, 9.17) is 0 Å². The van der Waals surface area contributed by atoms with Gasteiger partial charge in [0.05, 0.1) is 0 Å². The van der Waals surface area contributed by atoms with Crippen LogP contribution in [0.25, 0.3) is 17.2 Å². The van der Waals surface area contributed by atoms with Crippen LogP contribution in [0.2, 0.25) is 0 Å². The van der Waals surface area contributed by atoms with Gasteiger partial charge in [0.1, 0.15) is 5.82 Å². The molecule has 1 fully saturated rings. The topological polar surface area (TPSA) is 90.5 Å². The summed E-state index contributed by atoms with van der Waals surface area (Å²) in [4.78, 5) is 36.1. The van der Waals surface area contributed by atoms with Crippen LogP contribution in [0.15, 0.2) is 60.1 Å². The number of aryl methyl sites for hydroxylation is 1. The van der Waals surface area contributed by atoms with Gasteiger partial charge in [0.15, 0.2) is 0 Å². The van der Waals surface area contributed by atoms with Gasteiger partial charge in [-0.1, -0.05) is 31.6 Å². The summed E-state index contributed by atoms with van der Waals surface area (Å²) in [5, 5.41) is 5.55. The molecule has 0 bridgehead atoms. The Balaban J connectivity index is 0.00000260. The monoisotopic (exact) mass is 532 g/mol. The Kier molecular flexibility index (Phi) is 13.1. The molecular weight excluding hydrogens is 488 g/mol. The van der Waals surface area contributed by atoms with E-state index in [1.54, 1.807) is 25.1 Å². The Morgan fingerprint density at radius 3 is 2.46 bits per heavy atom. The third-order valence-corrected chi connectivity index (χ3v) is 6.51. The van der Waals surface area contributed by atoms with Gasteiger partial charge in [0.2, 0.25) is 6.41 Å². The van der Waals surface area contributed by atoms with Gasteiger partial charge in [-0.2, -0.15) is 0 Å². The Hall–Kier alpha value is -3.78. The van der Waals surface area contributed by atoms with Crippen molar-refractivity contribution in [1.82, 2.24) is 25.1 Å². The molecule has 1 aliphatic rings. The van der Waals surface area contributed by atoms with Crippen LogP contribution < -0.4 is 10.6 Å². The standard InChI is InChI=1S/C29H38N6O2.C2H6/c1-21(16-27-22(2)32-13-9-26(27)25-6-7-28(30-3)33-18-25)19-35-14-10-23(11-15-35)17-24(8-12-31-20-36)29(37)34(4)5;1-2/h6-9,12-13,16-18,20,23H,10-11,14-15,19H2,1-5H3,(H,30,33)(H,31,36);1-2H3/b12-8-,21-16+,24-17+;. The average Bonchev–Trinajstić information content (AvgIpc) is 2.95. The first-order valence-electron chi connectivity index (χ1n) is 13.6. The van der Waals surface area contributed by atoms with Crippen molar-refractivity contribution in [1.29, 1.82) is 0 Å². The Labute approximate surface area is 233 Å². The lowest BCUT2D eigenvalue weighted by Gasteiger charge is -2.31. The van der Waals surface area contributed by atoms with E-state index < -0.39 is 0 Å². The smallest absolute Gasteiger partial charge is 0.253 e. The number of carbonyl (C=O) groups is 2. The SMILES string of the molecule is CC.CNc1ccc(-c2ccnc(C)c2/C=C(\C)CN2CCC(/C=C(\C=C/NC=O)C(=O)N(C)C)CC2)cn1. The molecule has 1 aliphatic heterocycles. The van der Waals surface area contributed by atoms with Crippen LogP contribution in [-0.4, -0.2) is 72.9 Å². The molecule has 0 radical (unpaired) electrons. The van der Waals surface area contributed by atoms with E-state index in [-0.39, 0.29) is 5.91 Å². The fourth-order valence-corrected chi connectivity index (χ4v) is 4.52. The number of allylic oxidation sites excluding steroid dienone is 1. The molecule has 2 aromatic rings. The summed E-state index contributed by atoms with van der Waals surface area (Å²) in [6.45, 7) is 11.0. The maximum Gasteiger partial charge on any atom is 0.253 e. The predicted octanol–water partition coefficient (Wildman–Crippen LogP) is 4.91. The minimum atomic E-state index is -0.0661. The lowest BCUT2D eigenvalue weighted by molar-refractivity contribution is -0.124. The van der Waals surface area contributed by atoms with Gasteiger partial charge < -0.3 is 15.5 Å². The fraction of sp³-hybridized carbons (Fsp3) is 0.419. The lowest BCUT2D eigenvalue weighted by Crippen LogP contribution is -2.34. The highest BCUT2D eigenvalue weighted by Gasteiger charge is 2.20. The molecule has 0 spiro atoms. The zero-order valence-electron chi connectivity index (χ0n) is 24.5. The van der Waals surface area contributed by atoms with Gasteiger partial charge in [0.25, 0.3) is 5.91 Å². The summed E-state index contributed by atoms with van der Waals surface area (Å²) in [5.74, 6) is 1.09. The first-order valence-corrected chi connectivity index (χ1v) is 13.6. The second-order valence-electron chi connectivity index (χ2n) is 9.58. The van der Waals surface area contributed by atoms with Crippen LogP contribution in [0, 0.1) is 12.8 Å². The number of hydrogen-bond acceptors (Lipinski definition) is 6. The van der Waals surface area contributed by atoms with Crippen molar-refractivity contribution in [3.05, 3.63) is 71.3 Å². The van der Waals surface area contributed by atoms with Crippen molar-refractivity contribution in [2.45, 2.75) is 40.5 Å². The maximum absolute atomic E-state index is 12.5. The largest absolute Gasteiger partial charge is 0.373 e. The highest BCUT2D eigenvalue weighted by Crippen LogP contribution is 2.28. The van der Waals surface area contributed by atoms with Gasteiger partial charge in [-0.15, -0.1) is 0 Å². The first-order chi connectivity index (χ1) is 18.8. The highest BCUT2D eigenvalue weighted by atomic mass is 16.2. The first kappa shape index (κ1) is 31.4. The molecule has 3 heterocycles. The van der Waals surface area contributed by atoms with Crippen LogP contribution in [0.5, 0.6) is 0 Å². The van der Waals surface area contributed by atoms with E-state index >= 15 is 0 Å². The second-order valence-corrected chi connectivity index (χ2v) is 9.58. The van der Waals surface area contributed by atoms with Gasteiger partial charge in [-0.25, -0.2) is 4.98 Å². The molecule has 0 atom stereocenters. The quantitative estimate of drug-likeness (QED) is 0.257. The summed E-state index contributed by atoms with van der Waals surface area (Å²) < 4.78 is 0. The number of nitrogens with zero attached hydrogens (tertiary/aromatic N) is 4. The van der Waals surface area contributed by atoms with Crippen molar-refractivity contribution >= 4 is 24.2 Å². The van der Waals surface area contributed by atoms with Crippen molar-refractivity contribution in [3.63, 3.8) is 0 Å². The number of likely N-dealkylation sites (N-methyl/N-ethyl adjacent to an activating group) is 1. The molecule has 8 nitrogen and oxygen atoms in total. The van der Waals surface area contributed by atoms with Crippen molar-refractivity contribution in [2.24, 2.45) is 5.92 Å². The predicted molar refractivity (Wildman–Crippen MR) is 161 cm³/mol. The van der Waals surface area contributed by atoms with Gasteiger partial charge in [-0.05, 0) is 75.5 Å². The maximum atomic E-state index is 12.5. The third kappa shape index (κ3) is 9.48. The van der Waals surface area contributed by atoms with Crippen LogP contribution in [0.3, 0.4) is 0 Å². The summed E-state index contributed by atoms with van der Waals surface area (Å²) in [6, 6.07) is 6.11. The molecule has 2 amide bonds. The number of rotatable bonds is 10. The average molecular weight is 533 g/mol. The van der Waals surface area contributed by atoms with Crippen LogP contribution in [0.4, 0.5) is 5.82 Å². The number of amides is 2. The number of pyridine rings is 2. The molecule has 210 valence electrons. The van der Waals surface area contributed by atoms with Crippen LogP contribution in [-0.2, 0) is 9.59 Å².